The van der Waals surface area contributed by atoms with Crippen molar-refractivity contribution < 1.29 is 0 Å². The van der Waals surface area contributed by atoms with Crippen LogP contribution in [0.5, 0.6) is 0 Å². The molecule has 2 rings (SSSR count). The molecule has 1 saturated carbocycles. The second-order valence-corrected chi connectivity index (χ2v) is 7.02. The Bertz CT molecular complexity index is 275. The van der Waals surface area contributed by atoms with Gasteiger partial charge in [-0.05, 0) is 41.9 Å². The summed E-state index contributed by atoms with van der Waals surface area (Å²) < 4.78 is 0. The van der Waals surface area contributed by atoms with Gasteiger partial charge in [0.25, 0.3) is 0 Å². The van der Waals surface area contributed by atoms with Crippen molar-refractivity contribution in [1.82, 2.24) is 0 Å². The highest BCUT2D eigenvalue weighted by Gasteiger charge is 2.59. The van der Waals surface area contributed by atoms with Gasteiger partial charge in [-0.15, -0.1) is 0 Å². The molecule has 0 amide bonds. The minimum atomic E-state index is 0.449. The van der Waals surface area contributed by atoms with Gasteiger partial charge >= 0.3 is 0 Å². The van der Waals surface area contributed by atoms with Crippen LogP contribution in [-0.4, -0.2) is 0 Å². The zero-order chi connectivity index (χ0) is 10.7. The lowest BCUT2D eigenvalue weighted by atomic mass is 9.71. The number of hydrogen-bond acceptors (Lipinski definition) is 0. The average Bonchev–Trinajstić information content (AvgIpc) is 2.50. The first-order valence-electron chi connectivity index (χ1n) is 5.93. The van der Waals surface area contributed by atoms with Gasteiger partial charge in [-0.3, -0.25) is 0 Å². The molecule has 3 atom stereocenters. The van der Waals surface area contributed by atoms with E-state index in [0.29, 0.717) is 10.8 Å². The van der Waals surface area contributed by atoms with Crippen LogP contribution in [0.3, 0.4) is 0 Å². The van der Waals surface area contributed by atoms with Gasteiger partial charge < -0.3 is 0 Å². The first kappa shape index (κ1) is 10.3. The van der Waals surface area contributed by atoms with Crippen LogP contribution in [0.2, 0.25) is 0 Å². The van der Waals surface area contributed by atoms with E-state index in [1.54, 1.807) is 5.57 Å². The number of hydrogen-bond donors (Lipinski definition) is 0. The molecule has 0 aromatic heterocycles. The van der Waals surface area contributed by atoms with Crippen LogP contribution in [0.1, 0.15) is 48.0 Å². The van der Waals surface area contributed by atoms with Crippen molar-refractivity contribution in [2.75, 3.05) is 0 Å². The highest BCUT2D eigenvalue weighted by molar-refractivity contribution is 5.25. The molecule has 3 unspecified atom stereocenters. The summed E-state index contributed by atoms with van der Waals surface area (Å²) in [5.41, 5.74) is 2.69. The zero-order valence-corrected chi connectivity index (χ0v) is 10.5. The molecule has 0 radical (unpaired) electrons. The second kappa shape index (κ2) is 2.65. The summed E-state index contributed by atoms with van der Waals surface area (Å²) in [6.07, 6.45) is 3.98. The maximum absolute atomic E-state index is 2.56. The van der Waals surface area contributed by atoms with Crippen LogP contribution in [0, 0.1) is 28.6 Å². The monoisotopic (exact) mass is 192 g/mol. The van der Waals surface area contributed by atoms with Crippen LogP contribution < -0.4 is 0 Å². The molecule has 0 nitrogen and oxygen atoms in total. The van der Waals surface area contributed by atoms with Gasteiger partial charge in [-0.2, -0.15) is 0 Å². The van der Waals surface area contributed by atoms with E-state index in [1.807, 2.05) is 0 Å². The van der Waals surface area contributed by atoms with E-state index in [1.165, 1.54) is 6.42 Å². The van der Waals surface area contributed by atoms with Gasteiger partial charge in [0.1, 0.15) is 0 Å². The van der Waals surface area contributed by atoms with Crippen LogP contribution in [0.25, 0.3) is 0 Å². The van der Waals surface area contributed by atoms with Gasteiger partial charge in [0.05, 0.1) is 0 Å². The van der Waals surface area contributed by atoms with Crippen molar-refractivity contribution in [3.8, 4) is 0 Å². The van der Waals surface area contributed by atoms with Gasteiger partial charge in [-0.25, -0.2) is 0 Å². The van der Waals surface area contributed by atoms with Crippen molar-refractivity contribution in [3.05, 3.63) is 11.6 Å². The van der Waals surface area contributed by atoms with Crippen molar-refractivity contribution >= 4 is 0 Å². The molecule has 0 aromatic carbocycles. The Kier molecular flexibility index (Phi) is 1.94. The molecule has 0 heterocycles. The fourth-order valence-corrected chi connectivity index (χ4v) is 3.44. The number of rotatable bonds is 0. The topological polar surface area (TPSA) is 0 Å². The Labute approximate surface area is 88.8 Å². The van der Waals surface area contributed by atoms with Crippen LogP contribution in [0.4, 0.5) is 0 Å². The molecule has 14 heavy (non-hydrogen) atoms. The normalized spacial score (nSPS) is 40.1. The molecule has 0 heteroatoms. The lowest BCUT2D eigenvalue weighted by Crippen LogP contribution is -2.24. The van der Waals surface area contributed by atoms with E-state index in [4.69, 9.17) is 0 Å². The lowest BCUT2D eigenvalue weighted by Gasteiger charge is -2.34. The van der Waals surface area contributed by atoms with Crippen LogP contribution >= 0.6 is 0 Å². The van der Waals surface area contributed by atoms with E-state index >= 15 is 0 Å². The molecule has 2 aliphatic carbocycles. The summed E-state index contributed by atoms with van der Waals surface area (Å²) in [5, 5.41) is 0. The maximum Gasteiger partial charge on any atom is -0.0143 e. The third kappa shape index (κ3) is 1.34. The van der Waals surface area contributed by atoms with E-state index < -0.39 is 0 Å². The Hall–Kier alpha value is -0.260. The van der Waals surface area contributed by atoms with Crippen LogP contribution in [-0.2, 0) is 0 Å². The highest BCUT2D eigenvalue weighted by atomic mass is 14.6. The summed E-state index contributed by atoms with van der Waals surface area (Å²) in [7, 11) is 0. The molecular weight excluding hydrogens is 168 g/mol. The zero-order valence-electron chi connectivity index (χ0n) is 10.5. The maximum atomic E-state index is 2.56. The lowest BCUT2D eigenvalue weighted by molar-refractivity contribution is 0.240. The molecule has 2 aliphatic rings. The Morgan fingerprint density at radius 3 is 2.36 bits per heavy atom. The van der Waals surface area contributed by atoms with Crippen LogP contribution in [0.15, 0.2) is 11.6 Å². The molecular formula is C14H24. The van der Waals surface area contributed by atoms with Gasteiger partial charge in [-0.1, -0.05) is 46.3 Å². The third-order valence-corrected chi connectivity index (χ3v) is 4.67. The minimum absolute atomic E-state index is 0.449. The fraction of sp³-hybridized carbons (Fsp3) is 0.857. The Balaban J connectivity index is 2.21. The number of fused-ring (bicyclic) bond motifs is 1. The highest BCUT2D eigenvalue weighted by Crippen LogP contribution is 2.66. The summed E-state index contributed by atoms with van der Waals surface area (Å²) >= 11 is 0. The molecule has 80 valence electrons. The van der Waals surface area contributed by atoms with E-state index in [0.717, 1.165) is 17.8 Å². The summed E-state index contributed by atoms with van der Waals surface area (Å²) in [5.74, 6) is 2.67. The third-order valence-electron chi connectivity index (χ3n) is 4.67. The van der Waals surface area contributed by atoms with Crippen molar-refractivity contribution in [1.29, 1.82) is 0 Å². The average molecular weight is 192 g/mol. The van der Waals surface area contributed by atoms with Gasteiger partial charge in [0.2, 0.25) is 0 Å². The Morgan fingerprint density at radius 2 is 1.86 bits per heavy atom. The predicted octanol–water partition coefficient (Wildman–Crippen LogP) is 4.27. The van der Waals surface area contributed by atoms with E-state index in [-0.39, 0.29) is 0 Å². The summed E-state index contributed by atoms with van der Waals surface area (Å²) in [6.45, 7) is 14.3. The second-order valence-electron chi connectivity index (χ2n) is 7.02. The van der Waals surface area contributed by atoms with Crippen molar-refractivity contribution in [2.24, 2.45) is 28.6 Å². The molecule has 0 bridgehead atoms. The largest absolute Gasteiger partial charge is 0.0814 e. The molecule has 0 aromatic rings. The summed E-state index contributed by atoms with van der Waals surface area (Å²) in [4.78, 5) is 0. The summed E-state index contributed by atoms with van der Waals surface area (Å²) in [6, 6.07) is 0. The molecule has 0 aliphatic heterocycles. The Morgan fingerprint density at radius 1 is 1.29 bits per heavy atom. The SMILES string of the molecule is CC1=CC2C(CC1C(C)(C)C)C2(C)C. The molecule has 0 spiro atoms. The van der Waals surface area contributed by atoms with E-state index in [2.05, 4.69) is 47.6 Å². The minimum Gasteiger partial charge on any atom is -0.0814 e. The standard InChI is InChI=1S/C14H24/c1-9-7-11-12(14(11,5)6)8-10(9)13(2,3)4/h7,10-12H,8H2,1-6H3. The smallest absolute Gasteiger partial charge is 0.0143 e. The first-order valence-corrected chi connectivity index (χ1v) is 5.93. The first-order chi connectivity index (χ1) is 6.24. The predicted molar refractivity (Wildman–Crippen MR) is 62.1 cm³/mol. The van der Waals surface area contributed by atoms with Gasteiger partial charge in [0, 0.05) is 0 Å². The molecule has 0 N–H and O–H groups in total. The van der Waals surface area contributed by atoms with E-state index in [9.17, 15) is 0 Å². The fourth-order valence-electron chi connectivity index (χ4n) is 3.44. The molecule has 0 saturated heterocycles. The quantitative estimate of drug-likeness (QED) is 0.503. The number of allylic oxidation sites excluding steroid dienone is 2. The van der Waals surface area contributed by atoms with Crippen molar-refractivity contribution in [2.45, 2.75) is 48.0 Å². The molecule has 1 fully saturated rings. The van der Waals surface area contributed by atoms with Crippen molar-refractivity contribution in [3.63, 3.8) is 0 Å². The van der Waals surface area contributed by atoms with Gasteiger partial charge in [0.15, 0.2) is 0 Å².